The van der Waals surface area contributed by atoms with Crippen LogP contribution in [0.5, 0.6) is 5.75 Å². The number of nitrogens with zero attached hydrogens (tertiary/aromatic N) is 1. The van der Waals surface area contributed by atoms with Gasteiger partial charge in [0.05, 0.1) is 0 Å². The number of aliphatic carboxylic acids is 1. The molecule has 0 spiro atoms. The molecule has 3 atom stereocenters. The topological polar surface area (TPSA) is 92.3 Å². The van der Waals surface area contributed by atoms with Crippen molar-refractivity contribution in [2.45, 2.75) is 32.1 Å². The maximum absolute atomic E-state index is 12.6. The van der Waals surface area contributed by atoms with Crippen LogP contribution in [0.2, 0.25) is 0 Å². The SMILES string of the molecule is CC1CCN(CC(Cc2ccccc2)(C(=O)O)c2cccc(O)c2)CC1C.O. The number of benzene rings is 2. The lowest BCUT2D eigenvalue weighted by Crippen LogP contribution is -2.51. The number of phenolic OH excluding ortho intramolecular Hbond substituents is 1. The third-order valence-electron chi connectivity index (χ3n) is 6.07. The van der Waals surface area contributed by atoms with Gasteiger partial charge in [-0.25, -0.2) is 0 Å². The lowest BCUT2D eigenvalue weighted by Gasteiger charge is -2.41. The fourth-order valence-corrected chi connectivity index (χ4v) is 4.14. The van der Waals surface area contributed by atoms with Crippen LogP contribution in [-0.4, -0.2) is 46.2 Å². The summed E-state index contributed by atoms with van der Waals surface area (Å²) in [5.41, 5.74) is 0.548. The molecule has 1 heterocycles. The second-order valence-electron chi connectivity index (χ2n) is 8.08. The molecule has 0 aliphatic carbocycles. The van der Waals surface area contributed by atoms with Gasteiger partial charge in [0.15, 0.2) is 0 Å². The average Bonchev–Trinajstić information content (AvgIpc) is 2.65. The van der Waals surface area contributed by atoms with Gasteiger partial charge in [-0.2, -0.15) is 0 Å². The molecule has 152 valence electrons. The second-order valence-corrected chi connectivity index (χ2v) is 8.08. The molecular weight excluding hydrogens is 354 g/mol. The van der Waals surface area contributed by atoms with Gasteiger partial charge in [0.2, 0.25) is 0 Å². The molecule has 0 saturated carbocycles. The summed E-state index contributed by atoms with van der Waals surface area (Å²) < 4.78 is 0. The number of hydrogen-bond acceptors (Lipinski definition) is 3. The summed E-state index contributed by atoms with van der Waals surface area (Å²) in [5, 5.41) is 20.4. The molecule has 0 amide bonds. The Morgan fingerprint density at radius 1 is 1.11 bits per heavy atom. The summed E-state index contributed by atoms with van der Waals surface area (Å²) in [5.74, 6) is 0.469. The Bertz CT molecular complexity index is 779. The third kappa shape index (κ3) is 4.72. The quantitative estimate of drug-likeness (QED) is 0.799. The molecule has 5 heteroatoms. The van der Waals surface area contributed by atoms with E-state index < -0.39 is 11.4 Å². The third-order valence-corrected chi connectivity index (χ3v) is 6.07. The van der Waals surface area contributed by atoms with Crippen molar-refractivity contribution in [3.05, 3.63) is 65.7 Å². The summed E-state index contributed by atoms with van der Waals surface area (Å²) in [6, 6.07) is 16.5. The molecule has 0 aromatic heterocycles. The summed E-state index contributed by atoms with van der Waals surface area (Å²) in [4.78, 5) is 14.9. The van der Waals surface area contributed by atoms with Crippen LogP contribution in [0.4, 0.5) is 0 Å². The van der Waals surface area contributed by atoms with E-state index in [-0.39, 0.29) is 11.2 Å². The minimum absolute atomic E-state index is 0. The van der Waals surface area contributed by atoms with E-state index in [1.165, 1.54) is 0 Å². The first-order valence-electron chi connectivity index (χ1n) is 9.70. The van der Waals surface area contributed by atoms with Gasteiger partial charge >= 0.3 is 5.97 Å². The van der Waals surface area contributed by atoms with Crippen LogP contribution >= 0.6 is 0 Å². The number of hydrogen-bond donors (Lipinski definition) is 2. The minimum Gasteiger partial charge on any atom is -0.508 e. The van der Waals surface area contributed by atoms with Gasteiger partial charge in [-0.05, 0) is 54.5 Å². The maximum atomic E-state index is 12.6. The lowest BCUT2D eigenvalue weighted by molar-refractivity contribution is -0.145. The van der Waals surface area contributed by atoms with E-state index in [9.17, 15) is 15.0 Å². The standard InChI is InChI=1S/C23H29NO3.H2O/c1-17-11-12-24(15-18(17)2)16-23(22(26)27,14-19-7-4-3-5-8-19)20-9-6-10-21(25)13-20;/h3-10,13,17-18,25H,11-12,14-16H2,1-2H3,(H,26,27);1H2. The number of rotatable bonds is 6. The van der Waals surface area contributed by atoms with Crippen molar-refractivity contribution in [2.24, 2.45) is 11.8 Å². The molecule has 3 rings (SSSR count). The Hall–Kier alpha value is -2.37. The van der Waals surface area contributed by atoms with E-state index in [2.05, 4.69) is 18.7 Å². The number of carboxylic acid groups (broad SMARTS) is 1. The Labute approximate surface area is 166 Å². The highest BCUT2D eigenvalue weighted by Crippen LogP contribution is 2.34. The summed E-state index contributed by atoms with van der Waals surface area (Å²) >= 11 is 0. The molecule has 2 aromatic rings. The van der Waals surface area contributed by atoms with Crippen LogP contribution in [0.3, 0.4) is 0 Å². The van der Waals surface area contributed by atoms with Crippen LogP contribution < -0.4 is 0 Å². The minimum atomic E-state index is -1.10. The molecule has 1 aliphatic rings. The molecule has 28 heavy (non-hydrogen) atoms. The molecule has 1 fully saturated rings. The maximum Gasteiger partial charge on any atom is 0.315 e. The van der Waals surface area contributed by atoms with Gasteiger partial charge in [0, 0.05) is 13.1 Å². The Morgan fingerprint density at radius 3 is 2.43 bits per heavy atom. The zero-order valence-corrected chi connectivity index (χ0v) is 16.6. The monoisotopic (exact) mass is 385 g/mol. The zero-order valence-electron chi connectivity index (χ0n) is 16.6. The highest BCUT2D eigenvalue weighted by Gasteiger charge is 2.43. The molecule has 5 nitrogen and oxygen atoms in total. The van der Waals surface area contributed by atoms with Crippen molar-refractivity contribution in [1.82, 2.24) is 4.90 Å². The molecular formula is C23H31NO4. The van der Waals surface area contributed by atoms with E-state index in [0.29, 0.717) is 30.4 Å². The van der Waals surface area contributed by atoms with Crippen molar-refractivity contribution in [2.75, 3.05) is 19.6 Å². The van der Waals surface area contributed by atoms with Gasteiger partial charge < -0.3 is 20.6 Å². The van der Waals surface area contributed by atoms with Crippen molar-refractivity contribution < 1.29 is 20.5 Å². The van der Waals surface area contributed by atoms with E-state index in [1.807, 2.05) is 36.4 Å². The molecule has 0 radical (unpaired) electrons. The van der Waals surface area contributed by atoms with Gasteiger partial charge in [-0.1, -0.05) is 56.3 Å². The van der Waals surface area contributed by atoms with Gasteiger partial charge in [-0.15, -0.1) is 0 Å². The predicted octanol–water partition coefficient (Wildman–Crippen LogP) is 3.11. The molecule has 2 aromatic carbocycles. The first-order valence-corrected chi connectivity index (χ1v) is 9.70. The Balaban J connectivity index is 0.00000280. The highest BCUT2D eigenvalue weighted by molar-refractivity contribution is 5.82. The lowest BCUT2D eigenvalue weighted by atomic mass is 9.74. The number of carbonyl (C=O) groups is 1. The first-order chi connectivity index (χ1) is 12.9. The highest BCUT2D eigenvalue weighted by atomic mass is 16.4. The number of phenols is 1. The number of carboxylic acids is 1. The molecule has 1 aliphatic heterocycles. The molecule has 1 saturated heterocycles. The van der Waals surface area contributed by atoms with E-state index in [4.69, 9.17) is 0 Å². The zero-order chi connectivity index (χ0) is 19.4. The van der Waals surface area contributed by atoms with Crippen LogP contribution in [0, 0.1) is 11.8 Å². The van der Waals surface area contributed by atoms with Gasteiger partial charge in [0.1, 0.15) is 11.2 Å². The normalized spacial score (nSPS) is 22.1. The molecule has 0 bridgehead atoms. The number of piperidine rings is 1. The predicted molar refractivity (Wildman–Crippen MR) is 111 cm³/mol. The number of likely N-dealkylation sites (tertiary alicyclic amines) is 1. The average molecular weight is 386 g/mol. The summed E-state index contributed by atoms with van der Waals surface area (Å²) in [7, 11) is 0. The fourth-order valence-electron chi connectivity index (χ4n) is 4.14. The van der Waals surface area contributed by atoms with Crippen molar-refractivity contribution >= 4 is 5.97 Å². The van der Waals surface area contributed by atoms with Crippen molar-refractivity contribution in [1.29, 1.82) is 0 Å². The van der Waals surface area contributed by atoms with Crippen molar-refractivity contribution in [3.63, 3.8) is 0 Å². The van der Waals surface area contributed by atoms with Gasteiger partial charge in [0.25, 0.3) is 0 Å². The largest absolute Gasteiger partial charge is 0.508 e. The summed E-state index contributed by atoms with van der Waals surface area (Å²) in [6.07, 6.45) is 1.48. The summed E-state index contributed by atoms with van der Waals surface area (Å²) in [6.45, 7) is 6.77. The smallest absolute Gasteiger partial charge is 0.315 e. The van der Waals surface area contributed by atoms with Crippen LogP contribution in [0.25, 0.3) is 0 Å². The van der Waals surface area contributed by atoms with E-state index in [1.54, 1.807) is 18.2 Å². The van der Waals surface area contributed by atoms with E-state index >= 15 is 0 Å². The van der Waals surface area contributed by atoms with Crippen molar-refractivity contribution in [3.8, 4) is 5.75 Å². The first kappa shape index (κ1) is 21.9. The molecule has 3 unspecified atom stereocenters. The Kier molecular flexibility index (Phi) is 7.22. The van der Waals surface area contributed by atoms with Crippen LogP contribution in [-0.2, 0) is 16.6 Å². The fraction of sp³-hybridized carbons (Fsp3) is 0.435. The second kappa shape index (κ2) is 9.22. The van der Waals surface area contributed by atoms with Crippen LogP contribution in [0.15, 0.2) is 54.6 Å². The number of aromatic hydroxyl groups is 1. The molecule has 4 N–H and O–H groups in total. The van der Waals surface area contributed by atoms with E-state index in [0.717, 1.165) is 25.1 Å². The Morgan fingerprint density at radius 2 is 1.82 bits per heavy atom. The van der Waals surface area contributed by atoms with Crippen LogP contribution in [0.1, 0.15) is 31.4 Å². The van der Waals surface area contributed by atoms with Gasteiger partial charge in [-0.3, -0.25) is 4.79 Å².